The standard InChI is InChI=1S/C15H14F3NOS/c1-19(14(20)9-12-6-4-8-21-12)10-11-5-2-3-7-13(11)15(16,17)18/h2-8H,9-10H2,1H3. The van der Waals surface area contributed by atoms with Crippen molar-refractivity contribution < 1.29 is 18.0 Å². The van der Waals surface area contributed by atoms with Crippen LogP contribution in [0.2, 0.25) is 0 Å². The van der Waals surface area contributed by atoms with E-state index in [1.165, 1.54) is 35.4 Å². The molecule has 1 aromatic carbocycles. The molecule has 0 spiro atoms. The molecule has 0 aliphatic rings. The molecule has 0 aliphatic heterocycles. The number of halogens is 3. The van der Waals surface area contributed by atoms with E-state index in [2.05, 4.69) is 0 Å². The predicted molar refractivity (Wildman–Crippen MR) is 75.9 cm³/mol. The number of amides is 1. The minimum atomic E-state index is -4.41. The molecule has 2 aromatic rings. The first-order chi connectivity index (χ1) is 9.88. The van der Waals surface area contributed by atoms with E-state index in [4.69, 9.17) is 0 Å². The molecule has 1 aromatic heterocycles. The van der Waals surface area contributed by atoms with Gasteiger partial charge in [0.1, 0.15) is 0 Å². The Bertz CT molecular complexity index is 608. The first-order valence-electron chi connectivity index (χ1n) is 6.29. The lowest BCUT2D eigenvalue weighted by Gasteiger charge is -2.20. The van der Waals surface area contributed by atoms with Crippen molar-refractivity contribution >= 4 is 17.2 Å². The van der Waals surface area contributed by atoms with Crippen LogP contribution < -0.4 is 0 Å². The molecule has 112 valence electrons. The molecule has 1 heterocycles. The monoisotopic (exact) mass is 313 g/mol. The van der Waals surface area contributed by atoms with Gasteiger partial charge in [-0.05, 0) is 23.1 Å². The van der Waals surface area contributed by atoms with Crippen LogP contribution in [0.4, 0.5) is 13.2 Å². The number of alkyl halides is 3. The average Bonchev–Trinajstić information content (AvgIpc) is 2.91. The normalized spacial score (nSPS) is 11.4. The Morgan fingerprint density at radius 1 is 1.19 bits per heavy atom. The Balaban J connectivity index is 2.09. The van der Waals surface area contributed by atoms with Gasteiger partial charge in [0.25, 0.3) is 0 Å². The summed E-state index contributed by atoms with van der Waals surface area (Å²) >= 11 is 1.45. The minimum Gasteiger partial charge on any atom is -0.341 e. The first kappa shape index (κ1) is 15.6. The molecule has 0 saturated heterocycles. The number of hydrogen-bond acceptors (Lipinski definition) is 2. The molecule has 1 amide bonds. The van der Waals surface area contributed by atoms with Gasteiger partial charge in [0, 0.05) is 18.5 Å². The van der Waals surface area contributed by atoms with Crippen molar-refractivity contribution in [3.63, 3.8) is 0 Å². The molecule has 2 rings (SSSR count). The van der Waals surface area contributed by atoms with Crippen LogP contribution in [0.25, 0.3) is 0 Å². The van der Waals surface area contributed by atoms with Crippen LogP contribution in [0.3, 0.4) is 0 Å². The SMILES string of the molecule is CN(Cc1ccccc1C(F)(F)F)C(=O)Cc1cccs1. The van der Waals surface area contributed by atoms with E-state index in [9.17, 15) is 18.0 Å². The van der Waals surface area contributed by atoms with E-state index < -0.39 is 11.7 Å². The van der Waals surface area contributed by atoms with Gasteiger partial charge in [-0.15, -0.1) is 11.3 Å². The number of thiophene rings is 1. The van der Waals surface area contributed by atoms with E-state index >= 15 is 0 Å². The summed E-state index contributed by atoms with van der Waals surface area (Å²) in [5.74, 6) is -0.200. The smallest absolute Gasteiger partial charge is 0.341 e. The molecule has 21 heavy (non-hydrogen) atoms. The molecule has 0 unspecified atom stereocenters. The average molecular weight is 313 g/mol. The zero-order valence-corrected chi connectivity index (χ0v) is 12.2. The van der Waals surface area contributed by atoms with Gasteiger partial charge < -0.3 is 4.90 Å². The lowest BCUT2D eigenvalue weighted by Crippen LogP contribution is -2.28. The summed E-state index contributed by atoms with van der Waals surface area (Å²) in [6.07, 6.45) is -4.20. The lowest BCUT2D eigenvalue weighted by molar-refractivity contribution is -0.139. The molecule has 0 saturated carbocycles. The molecule has 0 atom stereocenters. The first-order valence-corrected chi connectivity index (χ1v) is 7.17. The van der Waals surface area contributed by atoms with Crippen LogP contribution in [0, 0.1) is 0 Å². The minimum absolute atomic E-state index is 0.0557. The highest BCUT2D eigenvalue weighted by atomic mass is 32.1. The molecular weight excluding hydrogens is 299 g/mol. The highest BCUT2D eigenvalue weighted by molar-refractivity contribution is 7.10. The van der Waals surface area contributed by atoms with Crippen molar-refractivity contribution in [1.82, 2.24) is 4.90 Å². The van der Waals surface area contributed by atoms with E-state index in [-0.39, 0.29) is 24.4 Å². The summed E-state index contributed by atoms with van der Waals surface area (Å²) < 4.78 is 38.7. The summed E-state index contributed by atoms with van der Waals surface area (Å²) in [5.41, 5.74) is -0.590. The second-order valence-corrected chi connectivity index (χ2v) is 5.69. The number of benzene rings is 1. The maximum atomic E-state index is 12.9. The van der Waals surface area contributed by atoms with Gasteiger partial charge >= 0.3 is 6.18 Å². The van der Waals surface area contributed by atoms with Crippen molar-refractivity contribution in [2.24, 2.45) is 0 Å². The van der Waals surface area contributed by atoms with Gasteiger partial charge in [-0.25, -0.2) is 0 Å². The highest BCUT2D eigenvalue weighted by Crippen LogP contribution is 2.32. The van der Waals surface area contributed by atoms with Gasteiger partial charge in [0.2, 0.25) is 5.91 Å². The van der Waals surface area contributed by atoms with E-state index in [1.807, 2.05) is 17.5 Å². The van der Waals surface area contributed by atoms with Crippen LogP contribution >= 0.6 is 11.3 Å². The second-order valence-electron chi connectivity index (χ2n) is 4.66. The maximum Gasteiger partial charge on any atom is 0.416 e. The van der Waals surface area contributed by atoms with Crippen molar-refractivity contribution in [3.8, 4) is 0 Å². The zero-order valence-electron chi connectivity index (χ0n) is 11.4. The Kier molecular flexibility index (Phi) is 4.67. The predicted octanol–water partition coefficient (Wildman–Crippen LogP) is 3.97. The molecule has 0 radical (unpaired) electrons. The Hall–Kier alpha value is -1.82. The number of rotatable bonds is 4. The van der Waals surface area contributed by atoms with Gasteiger partial charge in [-0.1, -0.05) is 24.3 Å². The quantitative estimate of drug-likeness (QED) is 0.836. The topological polar surface area (TPSA) is 20.3 Å². The third-order valence-corrected chi connectivity index (χ3v) is 3.94. The van der Waals surface area contributed by atoms with E-state index in [0.717, 1.165) is 10.9 Å². The Labute approximate surface area is 124 Å². The fourth-order valence-electron chi connectivity index (χ4n) is 1.98. The van der Waals surface area contributed by atoms with Crippen molar-refractivity contribution in [2.75, 3.05) is 7.05 Å². The third-order valence-electron chi connectivity index (χ3n) is 3.06. The zero-order chi connectivity index (χ0) is 15.5. The number of carbonyl (C=O) groups is 1. The maximum absolute atomic E-state index is 12.9. The molecule has 6 heteroatoms. The summed E-state index contributed by atoms with van der Waals surface area (Å²) in [6.45, 7) is -0.0557. The summed E-state index contributed by atoms with van der Waals surface area (Å²) in [7, 11) is 1.52. The molecule has 0 aliphatic carbocycles. The summed E-state index contributed by atoms with van der Waals surface area (Å²) in [5, 5.41) is 1.86. The summed E-state index contributed by atoms with van der Waals surface area (Å²) in [6, 6.07) is 9.00. The number of hydrogen-bond donors (Lipinski definition) is 0. The van der Waals surface area contributed by atoms with Gasteiger partial charge in [0.15, 0.2) is 0 Å². The molecule has 0 bridgehead atoms. The van der Waals surface area contributed by atoms with Gasteiger partial charge in [-0.2, -0.15) is 13.2 Å². The largest absolute Gasteiger partial charge is 0.416 e. The molecule has 0 fully saturated rings. The van der Waals surface area contributed by atoms with Crippen LogP contribution in [-0.2, 0) is 23.9 Å². The van der Waals surface area contributed by atoms with Crippen molar-refractivity contribution in [2.45, 2.75) is 19.1 Å². The molecule has 0 N–H and O–H groups in total. The van der Waals surface area contributed by atoms with Crippen LogP contribution in [0.5, 0.6) is 0 Å². The van der Waals surface area contributed by atoms with E-state index in [1.54, 1.807) is 6.07 Å². The van der Waals surface area contributed by atoms with Gasteiger partial charge in [0.05, 0.1) is 12.0 Å². The lowest BCUT2D eigenvalue weighted by atomic mass is 10.1. The van der Waals surface area contributed by atoms with Crippen LogP contribution in [0.15, 0.2) is 41.8 Å². The molecule has 2 nitrogen and oxygen atoms in total. The third kappa shape index (κ3) is 4.07. The fourth-order valence-corrected chi connectivity index (χ4v) is 2.67. The van der Waals surface area contributed by atoms with Gasteiger partial charge in [-0.3, -0.25) is 4.79 Å². The highest BCUT2D eigenvalue weighted by Gasteiger charge is 2.33. The number of carbonyl (C=O) groups excluding carboxylic acids is 1. The van der Waals surface area contributed by atoms with Crippen LogP contribution in [-0.4, -0.2) is 17.9 Å². The van der Waals surface area contributed by atoms with Crippen molar-refractivity contribution in [3.05, 3.63) is 57.8 Å². The van der Waals surface area contributed by atoms with Crippen LogP contribution in [0.1, 0.15) is 16.0 Å². The van der Waals surface area contributed by atoms with E-state index in [0.29, 0.717) is 0 Å². The molecular formula is C15H14F3NOS. The fraction of sp³-hybridized carbons (Fsp3) is 0.267. The number of likely N-dealkylation sites (N-methyl/N-ethyl adjacent to an activating group) is 1. The van der Waals surface area contributed by atoms with Crippen molar-refractivity contribution in [1.29, 1.82) is 0 Å². The summed E-state index contributed by atoms with van der Waals surface area (Å²) in [4.78, 5) is 14.2. The second kappa shape index (κ2) is 6.30. The Morgan fingerprint density at radius 3 is 2.52 bits per heavy atom. The number of nitrogens with zero attached hydrogens (tertiary/aromatic N) is 1. The Morgan fingerprint density at radius 2 is 1.90 bits per heavy atom.